The van der Waals surface area contributed by atoms with E-state index in [-0.39, 0.29) is 16.6 Å². The van der Waals surface area contributed by atoms with Crippen LogP contribution in [0.1, 0.15) is 21.6 Å². The minimum Gasteiger partial charge on any atom is -0.478 e. The van der Waals surface area contributed by atoms with Crippen molar-refractivity contribution in [1.82, 2.24) is 9.78 Å². The molecule has 4 nitrogen and oxygen atoms in total. The van der Waals surface area contributed by atoms with Gasteiger partial charge < -0.3 is 5.11 Å². The van der Waals surface area contributed by atoms with Gasteiger partial charge in [0.2, 0.25) is 0 Å². The molecular weight excluding hydrogens is 341 g/mol. The van der Waals surface area contributed by atoms with Crippen molar-refractivity contribution in [1.29, 1.82) is 0 Å². The highest BCUT2D eigenvalue weighted by molar-refractivity contribution is 9.10. The molecule has 0 aliphatic heterocycles. The highest BCUT2D eigenvalue weighted by Crippen LogP contribution is 2.33. The standard InChI is InChI=1S/C12H8BrF3N2O2/c13-9-6-18(17-10(9)12(14,15)16)5-7-1-3-8(4-2-7)11(19)20/h1-4,6H,5H2,(H,19,20). The predicted octanol–water partition coefficient (Wildman–Crippen LogP) is 3.41. The minimum atomic E-state index is -4.52. The monoisotopic (exact) mass is 348 g/mol. The molecule has 0 radical (unpaired) electrons. The van der Waals surface area contributed by atoms with E-state index in [0.717, 1.165) is 4.68 Å². The van der Waals surface area contributed by atoms with E-state index in [2.05, 4.69) is 21.0 Å². The zero-order valence-electron chi connectivity index (χ0n) is 9.86. The van der Waals surface area contributed by atoms with E-state index in [1.54, 1.807) is 0 Å². The van der Waals surface area contributed by atoms with Crippen LogP contribution in [-0.2, 0) is 12.7 Å². The van der Waals surface area contributed by atoms with Gasteiger partial charge >= 0.3 is 12.1 Å². The van der Waals surface area contributed by atoms with Gasteiger partial charge in [0.05, 0.1) is 16.6 Å². The number of halogens is 4. The fourth-order valence-corrected chi connectivity index (χ4v) is 2.15. The predicted molar refractivity (Wildman–Crippen MR) is 67.4 cm³/mol. The molecule has 0 atom stereocenters. The zero-order valence-corrected chi connectivity index (χ0v) is 11.4. The lowest BCUT2D eigenvalue weighted by Gasteiger charge is -2.04. The second-order valence-corrected chi connectivity index (χ2v) is 4.88. The van der Waals surface area contributed by atoms with Crippen molar-refractivity contribution < 1.29 is 23.1 Å². The summed E-state index contributed by atoms with van der Waals surface area (Å²) >= 11 is 2.82. The van der Waals surface area contributed by atoms with Crippen LogP contribution in [0.25, 0.3) is 0 Å². The molecule has 1 heterocycles. The molecule has 0 unspecified atom stereocenters. The van der Waals surface area contributed by atoms with Crippen LogP contribution in [0.2, 0.25) is 0 Å². The van der Waals surface area contributed by atoms with E-state index in [0.29, 0.717) is 5.56 Å². The number of benzene rings is 1. The van der Waals surface area contributed by atoms with Crippen LogP contribution in [0.3, 0.4) is 0 Å². The summed E-state index contributed by atoms with van der Waals surface area (Å²) in [5, 5.41) is 12.2. The van der Waals surface area contributed by atoms with E-state index in [1.807, 2.05) is 0 Å². The molecule has 2 rings (SSSR count). The molecule has 1 aromatic heterocycles. The molecule has 0 fully saturated rings. The van der Waals surface area contributed by atoms with E-state index in [9.17, 15) is 18.0 Å². The molecule has 8 heteroatoms. The molecule has 0 saturated heterocycles. The van der Waals surface area contributed by atoms with Crippen molar-refractivity contribution in [3.05, 3.63) is 51.8 Å². The Labute approximate surface area is 120 Å². The van der Waals surface area contributed by atoms with Crippen LogP contribution in [0.15, 0.2) is 34.9 Å². The Morgan fingerprint density at radius 3 is 2.35 bits per heavy atom. The first-order chi connectivity index (χ1) is 9.27. The number of aromatic carboxylic acids is 1. The third-order valence-electron chi connectivity index (χ3n) is 2.53. The summed E-state index contributed by atoms with van der Waals surface area (Å²) in [6, 6.07) is 5.85. The zero-order chi connectivity index (χ0) is 14.9. The van der Waals surface area contributed by atoms with Crippen molar-refractivity contribution in [3.8, 4) is 0 Å². The maximum absolute atomic E-state index is 12.6. The number of rotatable bonds is 3. The molecule has 1 aromatic carbocycles. The summed E-state index contributed by atoms with van der Waals surface area (Å²) < 4.78 is 38.7. The fraction of sp³-hybridized carbons (Fsp3) is 0.167. The second-order valence-electron chi connectivity index (χ2n) is 4.02. The van der Waals surface area contributed by atoms with Gasteiger partial charge in [0.15, 0.2) is 5.69 Å². The first-order valence-corrected chi connectivity index (χ1v) is 6.19. The third-order valence-corrected chi connectivity index (χ3v) is 3.11. The molecule has 0 amide bonds. The van der Waals surface area contributed by atoms with Crippen molar-refractivity contribution in [2.24, 2.45) is 0 Å². The third kappa shape index (κ3) is 3.19. The lowest BCUT2D eigenvalue weighted by molar-refractivity contribution is -0.142. The Morgan fingerprint density at radius 2 is 1.90 bits per heavy atom. The average Bonchev–Trinajstić information content (AvgIpc) is 2.70. The van der Waals surface area contributed by atoms with Crippen LogP contribution in [0, 0.1) is 0 Å². The molecule has 2 aromatic rings. The van der Waals surface area contributed by atoms with E-state index in [1.165, 1.54) is 30.5 Å². The van der Waals surface area contributed by atoms with Gasteiger partial charge in [-0.15, -0.1) is 0 Å². The fourth-order valence-electron chi connectivity index (χ4n) is 1.61. The largest absolute Gasteiger partial charge is 0.478 e. The van der Waals surface area contributed by atoms with Crippen LogP contribution in [0.4, 0.5) is 13.2 Å². The van der Waals surface area contributed by atoms with Gasteiger partial charge in [-0.05, 0) is 33.6 Å². The Bertz CT molecular complexity index is 635. The van der Waals surface area contributed by atoms with E-state index >= 15 is 0 Å². The van der Waals surface area contributed by atoms with Gasteiger partial charge in [0.25, 0.3) is 0 Å². The maximum atomic E-state index is 12.6. The quantitative estimate of drug-likeness (QED) is 0.924. The number of carboxylic acid groups (broad SMARTS) is 1. The maximum Gasteiger partial charge on any atom is 0.436 e. The Morgan fingerprint density at radius 1 is 1.30 bits per heavy atom. The smallest absolute Gasteiger partial charge is 0.436 e. The van der Waals surface area contributed by atoms with Gasteiger partial charge in [-0.1, -0.05) is 12.1 Å². The number of aromatic nitrogens is 2. The van der Waals surface area contributed by atoms with E-state index in [4.69, 9.17) is 5.11 Å². The number of hydrogen-bond donors (Lipinski definition) is 1. The lowest BCUT2D eigenvalue weighted by atomic mass is 10.1. The molecule has 0 bridgehead atoms. The molecule has 0 saturated carbocycles. The topological polar surface area (TPSA) is 55.1 Å². The van der Waals surface area contributed by atoms with Gasteiger partial charge in [-0.25, -0.2) is 4.79 Å². The molecular formula is C12H8BrF3N2O2. The summed E-state index contributed by atoms with van der Waals surface area (Å²) in [7, 11) is 0. The van der Waals surface area contributed by atoms with Crippen LogP contribution >= 0.6 is 15.9 Å². The van der Waals surface area contributed by atoms with Gasteiger partial charge in [0, 0.05) is 6.20 Å². The number of carbonyl (C=O) groups is 1. The normalized spacial score (nSPS) is 11.6. The summed E-state index contributed by atoms with van der Waals surface area (Å²) in [6.45, 7) is 0.120. The Balaban J connectivity index is 2.20. The molecule has 20 heavy (non-hydrogen) atoms. The van der Waals surface area contributed by atoms with Crippen LogP contribution in [-0.4, -0.2) is 20.9 Å². The number of hydrogen-bond acceptors (Lipinski definition) is 2. The summed E-state index contributed by atoms with van der Waals surface area (Å²) in [5.41, 5.74) is -0.218. The van der Waals surface area contributed by atoms with Gasteiger partial charge in [-0.3, -0.25) is 4.68 Å². The first-order valence-electron chi connectivity index (χ1n) is 5.40. The number of carboxylic acids is 1. The van der Waals surface area contributed by atoms with Crippen molar-refractivity contribution in [3.63, 3.8) is 0 Å². The minimum absolute atomic E-state index is 0.117. The molecule has 106 valence electrons. The molecule has 1 N–H and O–H groups in total. The van der Waals surface area contributed by atoms with Gasteiger partial charge in [-0.2, -0.15) is 18.3 Å². The molecule has 0 aliphatic rings. The second kappa shape index (κ2) is 5.28. The number of alkyl halides is 3. The summed E-state index contributed by atoms with van der Waals surface area (Å²) in [6.07, 6.45) is -3.29. The lowest BCUT2D eigenvalue weighted by Crippen LogP contribution is -2.09. The average molecular weight is 349 g/mol. The summed E-state index contributed by atoms with van der Waals surface area (Å²) in [5.74, 6) is -1.06. The highest BCUT2D eigenvalue weighted by atomic mass is 79.9. The molecule has 0 spiro atoms. The Kier molecular flexibility index (Phi) is 3.85. The van der Waals surface area contributed by atoms with Crippen molar-refractivity contribution >= 4 is 21.9 Å². The summed E-state index contributed by atoms with van der Waals surface area (Å²) in [4.78, 5) is 10.7. The highest BCUT2D eigenvalue weighted by Gasteiger charge is 2.36. The van der Waals surface area contributed by atoms with Crippen molar-refractivity contribution in [2.75, 3.05) is 0 Å². The van der Waals surface area contributed by atoms with Crippen LogP contribution < -0.4 is 0 Å². The SMILES string of the molecule is O=C(O)c1ccc(Cn2cc(Br)c(C(F)(F)F)n2)cc1. The first kappa shape index (κ1) is 14.6. The molecule has 0 aliphatic carbocycles. The Hall–Kier alpha value is -1.83. The van der Waals surface area contributed by atoms with E-state index < -0.39 is 17.8 Å². The van der Waals surface area contributed by atoms with Crippen molar-refractivity contribution in [2.45, 2.75) is 12.7 Å². The number of nitrogens with zero attached hydrogens (tertiary/aromatic N) is 2. The van der Waals surface area contributed by atoms with Gasteiger partial charge in [0.1, 0.15) is 0 Å². The van der Waals surface area contributed by atoms with Crippen LogP contribution in [0.5, 0.6) is 0 Å².